The molecule has 3 rings (SSSR count). The van der Waals surface area contributed by atoms with Gasteiger partial charge in [0.25, 0.3) is 0 Å². The number of hydrogen-bond acceptors (Lipinski definition) is 2. The summed E-state index contributed by atoms with van der Waals surface area (Å²) >= 11 is 0. The summed E-state index contributed by atoms with van der Waals surface area (Å²) in [5.74, 6) is 1.33. The zero-order valence-electron chi connectivity index (χ0n) is 13.2. The van der Waals surface area contributed by atoms with Crippen molar-refractivity contribution in [1.82, 2.24) is 14.9 Å². The molecular weight excluding hydrogens is 401 g/mol. The van der Waals surface area contributed by atoms with Crippen molar-refractivity contribution in [1.29, 1.82) is 0 Å². The molecule has 124 valence electrons. The zero-order chi connectivity index (χ0) is 15.2. The van der Waals surface area contributed by atoms with Gasteiger partial charge in [0.05, 0.1) is 12.9 Å². The van der Waals surface area contributed by atoms with E-state index < -0.39 is 0 Å². The van der Waals surface area contributed by atoms with Crippen LogP contribution in [-0.4, -0.2) is 22.1 Å². The fourth-order valence-electron chi connectivity index (χ4n) is 2.60. The summed E-state index contributed by atoms with van der Waals surface area (Å²) in [5, 5.41) is 3.22. The topological polar surface area (TPSA) is 68.2 Å². The van der Waals surface area contributed by atoms with Gasteiger partial charge in [0.15, 0.2) is 5.96 Å². The molecule has 5 nitrogen and oxygen atoms in total. The molecule has 0 radical (unpaired) electrons. The molecule has 3 N–H and O–H groups in total. The first-order valence-corrected chi connectivity index (χ1v) is 7.87. The van der Waals surface area contributed by atoms with Crippen LogP contribution in [0.3, 0.4) is 0 Å². The second kappa shape index (κ2) is 8.90. The van der Waals surface area contributed by atoms with Crippen molar-refractivity contribution >= 4 is 29.9 Å². The zero-order valence-corrected chi connectivity index (χ0v) is 15.5. The highest BCUT2D eigenvalue weighted by molar-refractivity contribution is 14.0. The molecule has 0 bridgehead atoms. The first-order chi connectivity index (χ1) is 10.8. The molecule has 0 amide bonds. The highest BCUT2D eigenvalue weighted by atomic mass is 127. The molecule has 1 aliphatic carbocycles. The van der Waals surface area contributed by atoms with Crippen molar-refractivity contribution in [3.05, 3.63) is 54.1 Å². The fraction of sp³-hybridized carbons (Fsp3) is 0.412. The van der Waals surface area contributed by atoms with Gasteiger partial charge in [-0.15, -0.1) is 24.0 Å². The number of aromatic nitrogens is 2. The van der Waals surface area contributed by atoms with Crippen LogP contribution in [-0.2, 0) is 13.1 Å². The molecule has 0 aliphatic heterocycles. The summed E-state index contributed by atoms with van der Waals surface area (Å²) in [7, 11) is 0. The molecule has 0 saturated heterocycles. The number of aliphatic imine (C=N–C) groups is 1. The normalized spacial score (nSPS) is 14.9. The Kier molecular flexibility index (Phi) is 6.88. The number of halogens is 1. The summed E-state index contributed by atoms with van der Waals surface area (Å²) in [4.78, 5) is 8.49. The first-order valence-electron chi connectivity index (χ1n) is 7.87. The summed E-state index contributed by atoms with van der Waals surface area (Å²) in [6, 6.07) is 8.43. The maximum atomic E-state index is 5.92. The predicted molar refractivity (Wildman–Crippen MR) is 104 cm³/mol. The molecule has 2 aromatic rings. The number of hydrogen-bond donors (Lipinski definition) is 2. The van der Waals surface area contributed by atoms with Crippen molar-refractivity contribution < 1.29 is 0 Å². The van der Waals surface area contributed by atoms with Gasteiger partial charge in [-0.2, -0.15) is 0 Å². The minimum absolute atomic E-state index is 0. The van der Waals surface area contributed by atoms with E-state index in [1.807, 2.05) is 12.5 Å². The van der Waals surface area contributed by atoms with Crippen LogP contribution in [0, 0.1) is 5.92 Å². The van der Waals surface area contributed by atoms with Crippen LogP contribution >= 0.6 is 24.0 Å². The third-order valence-corrected chi connectivity index (χ3v) is 4.14. The molecule has 6 heteroatoms. The van der Waals surface area contributed by atoms with Gasteiger partial charge >= 0.3 is 0 Å². The molecule has 1 heterocycles. The third kappa shape index (κ3) is 5.53. The molecule has 0 atom stereocenters. The molecule has 1 aromatic carbocycles. The first kappa shape index (κ1) is 17.8. The molecule has 1 saturated carbocycles. The van der Waals surface area contributed by atoms with E-state index in [2.05, 4.69) is 44.1 Å². The molecule has 23 heavy (non-hydrogen) atoms. The number of nitrogens with one attached hydrogen (secondary N) is 1. The summed E-state index contributed by atoms with van der Waals surface area (Å²) in [6.45, 7) is 2.39. The fourth-order valence-corrected chi connectivity index (χ4v) is 2.60. The van der Waals surface area contributed by atoms with E-state index in [4.69, 9.17) is 5.73 Å². The van der Waals surface area contributed by atoms with Crippen molar-refractivity contribution in [2.75, 3.05) is 6.54 Å². The van der Waals surface area contributed by atoms with Gasteiger partial charge in [0, 0.05) is 25.5 Å². The van der Waals surface area contributed by atoms with E-state index in [0.29, 0.717) is 12.5 Å². The van der Waals surface area contributed by atoms with Gasteiger partial charge in [-0.25, -0.2) is 9.98 Å². The Morgan fingerprint density at radius 2 is 2.17 bits per heavy atom. The number of rotatable bonds is 6. The van der Waals surface area contributed by atoms with E-state index in [1.54, 1.807) is 6.20 Å². The molecule has 0 unspecified atom stereocenters. The lowest BCUT2D eigenvalue weighted by Crippen LogP contribution is -2.37. The van der Waals surface area contributed by atoms with Crippen LogP contribution in [0.4, 0.5) is 0 Å². The number of imidazole rings is 1. The smallest absolute Gasteiger partial charge is 0.188 e. The molecule has 1 aliphatic rings. The van der Waals surface area contributed by atoms with Crippen LogP contribution in [0.1, 0.15) is 30.4 Å². The van der Waals surface area contributed by atoms with Gasteiger partial charge in [0.1, 0.15) is 0 Å². The van der Waals surface area contributed by atoms with E-state index >= 15 is 0 Å². The van der Waals surface area contributed by atoms with Crippen molar-refractivity contribution in [2.45, 2.75) is 32.4 Å². The molecule has 1 aromatic heterocycles. The molecule has 1 fully saturated rings. The minimum Gasteiger partial charge on any atom is -0.370 e. The summed E-state index contributed by atoms with van der Waals surface area (Å²) in [6.07, 6.45) is 9.57. The Hall–Kier alpha value is -1.57. The SMILES string of the molecule is I.NC(=NCc1cccc(Cn2ccnc2)c1)NCC1CCC1. The predicted octanol–water partition coefficient (Wildman–Crippen LogP) is 2.75. The van der Waals surface area contributed by atoms with E-state index in [1.165, 1.54) is 30.4 Å². The van der Waals surface area contributed by atoms with E-state index in [-0.39, 0.29) is 24.0 Å². The van der Waals surface area contributed by atoms with Crippen LogP contribution in [0.25, 0.3) is 0 Å². The largest absolute Gasteiger partial charge is 0.370 e. The average Bonchev–Trinajstić information content (AvgIpc) is 2.97. The van der Waals surface area contributed by atoms with Crippen molar-refractivity contribution in [2.24, 2.45) is 16.6 Å². The third-order valence-electron chi connectivity index (χ3n) is 4.14. The van der Waals surface area contributed by atoms with Gasteiger partial charge in [0.2, 0.25) is 0 Å². The second-order valence-corrected chi connectivity index (χ2v) is 5.93. The lowest BCUT2D eigenvalue weighted by Gasteiger charge is -2.25. The summed E-state index contributed by atoms with van der Waals surface area (Å²) in [5.41, 5.74) is 8.34. The number of guanidine groups is 1. The van der Waals surface area contributed by atoms with Gasteiger partial charge in [-0.1, -0.05) is 30.7 Å². The Morgan fingerprint density at radius 3 is 2.87 bits per heavy atom. The monoisotopic (exact) mass is 425 g/mol. The Morgan fingerprint density at radius 1 is 1.35 bits per heavy atom. The highest BCUT2D eigenvalue weighted by Gasteiger charge is 2.16. The number of nitrogens with two attached hydrogens (primary N) is 1. The van der Waals surface area contributed by atoms with Crippen LogP contribution in [0.5, 0.6) is 0 Å². The Balaban J connectivity index is 0.00000192. The highest BCUT2D eigenvalue weighted by Crippen LogP contribution is 2.24. The van der Waals surface area contributed by atoms with Crippen molar-refractivity contribution in [3.8, 4) is 0 Å². The van der Waals surface area contributed by atoms with E-state index in [9.17, 15) is 0 Å². The molecular formula is C17H24IN5. The molecule has 0 spiro atoms. The van der Waals surface area contributed by atoms with Crippen LogP contribution < -0.4 is 11.1 Å². The standard InChI is InChI=1S/C17H23N5.HI/c18-17(20-10-14-3-1-4-14)21-11-15-5-2-6-16(9-15)12-22-8-7-19-13-22;/h2,5-9,13-14H,1,3-4,10-12H2,(H3,18,20,21);1H. The average molecular weight is 425 g/mol. The van der Waals surface area contributed by atoms with Gasteiger partial charge in [-0.3, -0.25) is 0 Å². The Labute approximate surface area is 154 Å². The quantitative estimate of drug-likeness (QED) is 0.425. The van der Waals surface area contributed by atoms with Crippen LogP contribution in [0.15, 0.2) is 48.0 Å². The number of nitrogens with zero attached hydrogens (tertiary/aromatic N) is 3. The maximum absolute atomic E-state index is 5.92. The second-order valence-electron chi connectivity index (χ2n) is 5.93. The maximum Gasteiger partial charge on any atom is 0.188 e. The van der Waals surface area contributed by atoms with Gasteiger partial charge < -0.3 is 15.6 Å². The lowest BCUT2D eigenvalue weighted by atomic mass is 9.85. The van der Waals surface area contributed by atoms with E-state index in [0.717, 1.165) is 19.0 Å². The minimum atomic E-state index is 0. The number of benzene rings is 1. The van der Waals surface area contributed by atoms with Crippen LogP contribution in [0.2, 0.25) is 0 Å². The van der Waals surface area contributed by atoms with Gasteiger partial charge in [-0.05, 0) is 29.9 Å². The Bertz CT molecular complexity index is 620. The summed E-state index contributed by atoms with van der Waals surface area (Å²) < 4.78 is 2.05. The lowest BCUT2D eigenvalue weighted by molar-refractivity contribution is 0.315. The van der Waals surface area contributed by atoms with Crippen molar-refractivity contribution in [3.63, 3.8) is 0 Å².